The number of benzene rings is 2. The predicted octanol–water partition coefficient (Wildman–Crippen LogP) is 3.88. The van der Waals surface area contributed by atoms with Gasteiger partial charge in [0.2, 0.25) is 11.8 Å². The molecule has 0 spiro atoms. The van der Waals surface area contributed by atoms with E-state index in [0.29, 0.717) is 0 Å². The average Bonchev–Trinajstić information content (AvgIpc) is 3.48. The van der Waals surface area contributed by atoms with Crippen molar-refractivity contribution in [2.75, 3.05) is 11.9 Å². The summed E-state index contributed by atoms with van der Waals surface area (Å²) in [5.41, 5.74) is 5.93. The van der Waals surface area contributed by atoms with Gasteiger partial charge < -0.3 is 5.32 Å². The molecule has 0 aliphatic carbocycles. The van der Waals surface area contributed by atoms with Crippen molar-refractivity contribution >= 4 is 40.3 Å². The zero-order chi connectivity index (χ0) is 29.2. The van der Waals surface area contributed by atoms with Gasteiger partial charge in [0, 0.05) is 36.5 Å². The van der Waals surface area contributed by atoms with Crippen LogP contribution in [0.1, 0.15) is 64.9 Å². The molecule has 1 saturated heterocycles. The second kappa shape index (κ2) is 11.5. The second-order valence-electron chi connectivity index (χ2n) is 10.7. The number of para-hydroxylation sites is 2. The number of unbranched alkanes of at least 4 members (excludes halogenated alkanes) is 3. The van der Waals surface area contributed by atoms with Crippen LogP contribution in [0.5, 0.6) is 0 Å². The minimum Gasteiger partial charge on any atom is -0.385 e. The number of nitrogens with one attached hydrogen (secondary N) is 2. The lowest BCUT2D eigenvalue weighted by Crippen LogP contribution is -2.54. The third-order valence-corrected chi connectivity index (χ3v) is 7.89. The molecule has 2 N–H and O–H groups in total. The van der Waals surface area contributed by atoms with Gasteiger partial charge in [-0.25, -0.2) is 4.98 Å². The quantitative estimate of drug-likeness (QED) is 0.218. The third-order valence-electron chi connectivity index (χ3n) is 7.89. The van der Waals surface area contributed by atoms with Crippen LogP contribution in [0.3, 0.4) is 0 Å². The summed E-state index contributed by atoms with van der Waals surface area (Å²) in [6, 6.07) is 11.9. The Balaban J connectivity index is 0.961. The number of nitrogens with zero attached hydrogens (tertiary/aromatic N) is 5. The van der Waals surface area contributed by atoms with E-state index in [1.807, 2.05) is 35.1 Å². The maximum absolute atomic E-state index is 13.0. The Hall–Kier alpha value is -4.93. The molecule has 4 aromatic rings. The Bertz CT molecular complexity index is 1710. The minimum absolute atomic E-state index is 0.0969. The maximum atomic E-state index is 13.0. The molecule has 0 radical (unpaired) electrons. The fourth-order valence-electron chi connectivity index (χ4n) is 5.56. The van der Waals surface area contributed by atoms with Crippen LogP contribution in [-0.4, -0.2) is 60.9 Å². The van der Waals surface area contributed by atoms with Crippen LogP contribution in [0.2, 0.25) is 0 Å². The molecule has 11 heteroatoms. The number of rotatable bonds is 10. The summed E-state index contributed by atoms with van der Waals surface area (Å²) in [5.74, 6) is -2.00. The van der Waals surface area contributed by atoms with Crippen LogP contribution in [0.15, 0.2) is 54.9 Å². The van der Waals surface area contributed by atoms with E-state index in [-0.39, 0.29) is 24.0 Å². The van der Waals surface area contributed by atoms with Gasteiger partial charge in [-0.15, -0.1) is 0 Å². The molecule has 2 aromatic heterocycles. The lowest BCUT2D eigenvalue weighted by Gasteiger charge is -2.27. The van der Waals surface area contributed by atoms with Gasteiger partial charge in [-0.2, -0.15) is 5.10 Å². The highest BCUT2D eigenvalue weighted by Crippen LogP contribution is 2.29. The van der Waals surface area contributed by atoms with Crippen molar-refractivity contribution in [2.24, 2.45) is 0 Å². The summed E-state index contributed by atoms with van der Waals surface area (Å²) in [5, 5.41) is 10.1. The van der Waals surface area contributed by atoms with Crippen LogP contribution in [0, 0.1) is 6.92 Å². The number of piperidine rings is 1. The molecule has 2 aliphatic rings. The summed E-state index contributed by atoms with van der Waals surface area (Å²) >= 11 is 0. The molecule has 11 nitrogen and oxygen atoms in total. The van der Waals surface area contributed by atoms with Gasteiger partial charge in [-0.1, -0.05) is 25.0 Å². The SMILES string of the molecule is Cc1c(-c2cnc3ccccc3n2)cnn1CCCCCCNc1ccc2c(c1)C(=O)N(C1CCC(=O)NC1=O)C2=O. The standard InChI is InChI=1S/C31H31N7O4/c1-19-23(26-18-33-24-8-4-5-9-25(24)35-26)17-34-37(19)15-7-3-2-6-14-32-20-10-11-21-22(16-20)31(42)38(30(21)41)27-12-13-28(39)36-29(27)40/h4-5,8-11,16-18,27,32H,2-3,6-7,12-15H2,1H3,(H,36,39,40). The van der Waals surface area contributed by atoms with Crippen molar-refractivity contribution in [3.8, 4) is 11.3 Å². The Labute approximate surface area is 242 Å². The second-order valence-corrected chi connectivity index (χ2v) is 10.7. The topological polar surface area (TPSA) is 139 Å². The normalized spacial score (nSPS) is 16.7. The number of fused-ring (bicyclic) bond motifs is 2. The van der Waals surface area contributed by atoms with Crippen molar-refractivity contribution in [1.29, 1.82) is 0 Å². The van der Waals surface area contributed by atoms with Crippen LogP contribution >= 0.6 is 0 Å². The molecule has 2 aliphatic heterocycles. The van der Waals surface area contributed by atoms with Gasteiger partial charge in [0.15, 0.2) is 0 Å². The first-order valence-corrected chi connectivity index (χ1v) is 14.2. The van der Waals surface area contributed by atoms with Gasteiger partial charge in [-0.3, -0.25) is 39.1 Å². The number of hydrogen-bond donors (Lipinski definition) is 2. The zero-order valence-electron chi connectivity index (χ0n) is 23.3. The van der Waals surface area contributed by atoms with E-state index >= 15 is 0 Å². The van der Waals surface area contributed by atoms with Crippen LogP contribution in [-0.2, 0) is 16.1 Å². The van der Waals surface area contributed by atoms with E-state index < -0.39 is 29.7 Å². The number of amides is 4. The molecule has 4 heterocycles. The van der Waals surface area contributed by atoms with E-state index in [0.717, 1.165) is 77.3 Å². The van der Waals surface area contributed by atoms with E-state index in [9.17, 15) is 19.2 Å². The summed E-state index contributed by atoms with van der Waals surface area (Å²) in [7, 11) is 0. The monoisotopic (exact) mass is 565 g/mol. The summed E-state index contributed by atoms with van der Waals surface area (Å²) in [4.78, 5) is 59.8. The van der Waals surface area contributed by atoms with Crippen LogP contribution < -0.4 is 10.6 Å². The summed E-state index contributed by atoms with van der Waals surface area (Å²) < 4.78 is 2.02. The lowest BCUT2D eigenvalue weighted by atomic mass is 10.0. The van der Waals surface area contributed by atoms with Crippen molar-refractivity contribution in [1.82, 2.24) is 30.0 Å². The third kappa shape index (κ3) is 5.25. The van der Waals surface area contributed by atoms with Gasteiger partial charge >= 0.3 is 0 Å². The number of aryl methyl sites for hydroxylation is 1. The number of aromatic nitrogens is 4. The minimum atomic E-state index is -0.962. The number of anilines is 1. The van der Waals surface area contributed by atoms with Crippen molar-refractivity contribution < 1.29 is 19.2 Å². The molecule has 1 fully saturated rings. The Kier molecular flexibility index (Phi) is 7.47. The maximum Gasteiger partial charge on any atom is 0.262 e. The fourth-order valence-corrected chi connectivity index (χ4v) is 5.56. The Morgan fingerprint density at radius 1 is 0.905 bits per heavy atom. The number of hydrogen-bond acceptors (Lipinski definition) is 8. The van der Waals surface area contributed by atoms with E-state index in [4.69, 9.17) is 4.98 Å². The van der Waals surface area contributed by atoms with Gasteiger partial charge in [0.05, 0.1) is 40.2 Å². The number of imide groups is 2. The van der Waals surface area contributed by atoms with Gasteiger partial charge in [0.25, 0.3) is 11.8 Å². The number of carbonyl (C=O) groups is 4. The van der Waals surface area contributed by atoms with Crippen LogP contribution in [0.4, 0.5) is 5.69 Å². The summed E-state index contributed by atoms with van der Waals surface area (Å²) in [6.07, 6.45) is 7.91. The zero-order valence-corrected chi connectivity index (χ0v) is 23.3. The lowest BCUT2D eigenvalue weighted by molar-refractivity contribution is -0.136. The average molecular weight is 566 g/mol. The molecule has 214 valence electrons. The molecule has 4 amide bonds. The van der Waals surface area contributed by atoms with E-state index in [1.54, 1.807) is 24.4 Å². The van der Waals surface area contributed by atoms with Gasteiger partial charge in [-0.05, 0) is 56.5 Å². The van der Waals surface area contributed by atoms with Crippen LogP contribution in [0.25, 0.3) is 22.3 Å². The smallest absolute Gasteiger partial charge is 0.262 e. The van der Waals surface area contributed by atoms with E-state index in [1.165, 1.54) is 0 Å². The highest BCUT2D eigenvalue weighted by molar-refractivity contribution is 6.23. The molecule has 0 saturated carbocycles. The molecule has 6 rings (SSSR count). The van der Waals surface area contributed by atoms with Crippen molar-refractivity contribution in [3.63, 3.8) is 0 Å². The highest BCUT2D eigenvalue weighted by Gasteiger charge is 2.44. The number of carbonyl (C=O) groups excluding carboxylic acids is 4. The highest BCUT2D eigenvalue weighted by atomic mass is 16.2. The van der Waals surface area contributed by atoms with Crippen molar-refractivity contribution in [2.45, 2.75) is 58.0 Å². The Morgan fingerprint density at radius 3 is 2.52 bits per heavy atom. The van der Waals surface area contributed by atoms with E-state index in [2.05, 4.69) is 27.6 Å². The molecule has 2 aromatic carbocycles. The molecular weight excluding hydrogens is 534 g/mol. The fraction of sp³-hybridized carbons (Fsp3) is 0.323. The van der Waals surface area contributed by atoms with Crippen molar-refractivity contribution in [3.05, 3.63) is 71.7 Å². The molecule has 1 atom stereocenters. The first-order valence-electron chi connectivity index (χ1n) is 14.2. The Morgan fingerprint density at radius 2 is 1.69 bits per heavy atom. The largest absolute Gasteiger partial charge is 0.385 e. The van der Waals surface area contributed by atoms with Gasteiger partial charge in [0.1, 0.15) is 6.04 Å². The first-order chi connectivity index (χ1) is 20.4. The predicted molar refractivity (Wildman–Crippen MR) is 156 cm³/mol. The molecule has 1 unspecified atom stereocenters. The summed E-state index contributed by atoms with van der Waals surface area (Å²) in [6.45, 7) is 3.61. The molecule has 42 heavy (non-hydrogen) atoms. The first kappa shape index (κ1) is 27.3. The molecule has 0 bridgehead atoms. The molecular formula is C31H31N7O4.